The minimum Gasteiger partial charge on any atom is -0.494 e. The number of aromatic nitrogens is 1. The normalized spacial score (nSPS) is 16.1. The maximum absolute atomic E-state index is 13.1. The summed E-state index contributed by atoms with van der Waals surface area (Å²) in [5, 5.41) is 4.97. The maximum atomic E-state index is 13.1. The molecule has 1 saturated carbocycles. The van der Waals surface area contributed by atoms with Crippen molar-refractivity contribution in [3.8, 4) is 16.2 Å². The van der Waals surface area contributed by atoms with Crippen molar-refractivity contribution in [1.82, 2.24) is 4.57 Å². The molecule has 0 atom stereocenters. The van der Waals surface area contributed by atoms with Crippen LogP contribution in [0.5, 0.6) is 5.75 Å². The summed E-state index contributed by atoms with van der Waals surface area (Å²) < 4.78 is 8.04. The van der Waals surface area contributed by atoms with Gasteiger partial charge in [0.05, 0.1) is 29.3 Å². The number of carbonyl (C=O) groups is 1. The number of oxime groups is 1. The number of hydrogen-bond acceptors (Lipinski definition) is 6. The van der Waals surface area contributed by atoms with E-state index < -0.39 is 0 Å². The van der Waals surface area contributed by atoms with Crippen LogP contribution in [0.4, 0.5) is 0 Å². The van der Waals surface area contributed by atoms with E-state index in [0.29, 0.717) is 17.7 Å². The number of pyridine rings is 1. The Morgan fingerprint density at radius 2 is 1.95 bits per heavy atom. The zero-order valence-electron chi connectivity index (χ0n) is 21.0. The lowest BCUT2D eigenvalue weighted by atomic mass is 9.96. The van der Waals surface area contributed by atoms with Gasteiger partial charge in [0.25, 0.3) is 0 Å². The predicted octanol–water partition coefficient (Wildman–Crippen LogP) is 6.34. The number of aryl methyl sites for hydroxylation is 1. The molecular weight excluding hydrogens is 484 g/mol. The molecule has 2 aliphatic rings. The molecule has 0 spiro atoms. The van der Waals surface area contributed by atoms with Crippen LogP contribution in [0.25, 0.3) is 21.3 Å². The van der Waals surface area contributed by atoms with Crippen LogP contribution in [0.15, 0.2) is 64.7 Å². The average Bonchev–Trinajstić information content (AvgIpc) is 3.67. The molecule has 1 fully saturated rings. The van der Waals surface area contributed by atoms with Crippen molar-refractivity contribution in [3.05, 3.63) is 86.5 Å². The lowest BCUT2D eigenvalue weighted by Gasteiger charge is -2.17. The topological polar surface area (TPSA) is 69.9 Å². The van der Waals surface area contributed by atoms with E-state index in [4.69, 9.17) is 9.57 Å². The van der Waals surface area contributed by atoms with E-state index in [0.717, 1.165) is 59.3 Å². The number of nitrogens with zero attached hydrogens (tertiary/aromatic N) is 2. The molecule has 2 aliphatic carbocycles. The van der Waals surface area contributed by atoms with E-state index in [-0.39, 0.29) is 22.8 Å². The van der Waals surface area contributed by atoms with Gasteiger partial charge < -0.3 is 14.1 Å². The smallest absolute Gasteiger partial charge is 0.200 e. The molecule has 0 aliphatic heterocycles. The van der Waals surface area contributed by atoms with Crippen LogP contribution in [-0.4, -0.2) is 23.2 Å². The van der Waals surface area contributed by atoms with E-state index in [9.17, 15) is 9.59 Å². The molecule has 37 heavy (non-hydrogen) atoms. The van der Waals surface area contributed by atoms with Crippen LogP contribution < -0.4 is 10.2 Å². The highest BCUT2D eigenvalue weighted by atomic mass is 32.1. The number of ketones is 1. The first-order chi connectivity index (χ1) is 18.0. The molecule has 188 valence electrons. The van der Waals surface area contributed by atoms with Crippen LogP contribution >= 0.6 is 11.3 Å². The molecule has 0 unspecified atom stereocenters. The van der Waals surface area contributed by atoms with Gasteiger partial charge in [0.2, 0.25) is 0 Å². The fraction of sp³-hybridized carbons (Fsp3) is 0.300. The van der Waals surface area contributed by atoms with Gasteiger partial charge in [0, 0.05) is 34.0 Å². The van der Waals surface area contributed by atoms with Crippen LogP contribution in [-0.2, 0) is 24.3 Å². The van der Waals surface area contributed by atoms with Crippen molar-refractivity contribution in [2.24, 2.45) is 5.16 Å². The summed E-state index contributed by atoms with van der Waals surface area (Å²) in [5.74, 6) is 0.482. The summed E-state index contributed by atoms with van der Waals surface area (Å²) in [5.41, 5.74) is 5.18. The third kappa shape index (κ3) is 4.48. The zero-order chi connectivity index (χ0) is 25.5. The molecule has 0 radical (unpaired) electrons. The van der Waals surface area contributed by atoms with Gasteiger partial charge in [-0.15, -0.1) is 11.3 Å². The highest BCUT2D eigenvalue weighted by molar-refractivity contribution is 7.15. The van der Waals surface area contributed by atoms with Gasteiger partial charge in [0.1, 0.15) is 6.61 Å². The summed E-state index contributed by atoms with van der Waals surface area (Å²) in [6.45, 7) is 1.92. The highest BCUT2D eigenvalue weighted by Crippen LogP contribution is 2.45. The van der Waals surface area contributed by atoms with Gasteiger partial charge in [0.15, 0.2) is 17.0 Å². The molecule has 2 heterocycles. The zero-order valence-corrected chi connectivity index (χ0v) is 21.8. The Kier molecular flexibility index (Phi) is 6.16. The number of thiophene rings is 1. The quantitative estimate of drug-likeness (QED) is 0.214. The lowest BCUT2D eigenvalue weighted by Crippen LogP contribution is -2.18. The fourth-order valence-corrected chi connectivity index (χ4v) is 6.29. The molecule has 2 aromatic heterocycles. The minimum absolute atomic E-state index is 0.208. The third-order valence-corrected chi connectivity index (χ3v) is 8.41. The van der Waals surface area contributed by atoms with Crippen molar-refractivity contribution in [2.45, 2.75) is 51.7 Å². The Bertz CT molecular complexity index is 1600. The standard InChI is InChI=1S/C30H28N2O4S/c1-18(33)25-16-32(22-9-10-22)28-24(29(25)34)12-11-23(30(28)35-2)27-15-20-14-21(8-13-26(20)37-27)31-36-17-19-6-4-3-5-7-19/h3-7,11-12,15-16,22H,8-10,13-14,17H2,1-2H3/b31-21-. The summed E-state index contributed by atoms with van der Waals surface area (Å²) in [4.78, 5) is 33.4. The average molecular weight is 513 g/mol. The first kappa shape index (κ1) is 23.7. The van der Waals surface area contributed by atoms with Crippen molar-refractivity contribution in [1.29, 1.82) is 0 Å². The predicted molar refractivity (Wildman–Crippen MR) is 147 cm³/mol. The Hall–Kier alpha value is -3.71. The summed E-state index contributed by atoms with van der Waals surface area (Å²) in [6.07, 6.45) is 6.37. The number of benzene rings is 2. The number of Topliss-reactive ketones (excluding diaryl/α,β-unsaturated/α-hetero) is 1. The Labute approximate surface area is 219 Å². The van der Waals surface area contributed by atoms with E-state index in [1.54, 1.807) is 24.6 Å². The third-order valence-electron chi connectivity index (χ3n) is 7.14. The summed E-state index contributed by atoms with van der Waals surface area (Å²) >= 11 is 1.77. The molecule has 4 aromatic rings. The van der Waals surface area contributed by atoms with Gasteiger partial charge in [-0.25, -0.2) is 0 Å². The Morgan fingerprint density at radius 3 is 2.68 bits per heavy atom. The molecule has 2 aromatic carbocycles. The van der Waals surface area contributed by atoms with E-state index in [2.05, 4.69) is 15.8 Å². The van der Waals surface area contributed by atoms with Crippen molar-refractivity contribution >= 4 is 33.7 Å². The second-order valence-corrected chi connectivity index (χ2v) is 10.9. The van der Waals surface area contributed by atoms with Gasteiger partial charge in [-0.2, -0.15) is 0 Å². The lowest BCUT2D eigenvalue weighted by molar-refractivity contribution is 0.101. The Balaban J connectivity index is 1.34. The van der Waals surface area contributed by atoms with Gasteiger partial charge in [-0.05, 0) is 61.9 Å². The monoisotopic (exact) mass is 512 g/mol. The Morgan fingerprint density at radius 1 is 1.14 bits per heavy atom. The number of carbonyl (C=O) groups excluding carboxylic acids is 1. The van der Waals surface area contributed by atoms with Gasteiger partial charge in [-0.3, -0.25) is 9.59 Å². The van der Waals surface area contributed by atoms with Crippen molar-refractivity contribution < 1.29 is 14.4 Å². The minimum atomic E-state index is -0.230. The SMILES string of the molecule is COc1c(-c2cc3c(s2)CC/C(=N/OCc2ccccc2)C3)ccc2c(=O)c(C(C)=O)cn(C3CC3)c12. The molecule has 0 bridgehead atoms. The van der Waals surface area contributed by atoms with Crippen LogP contribution in [0.2, 0.25) is 0 Å². The molecular formula is C30H28N2O4S. The number of ether oxygens (including phenoxy) is 1. The largest absolute Gasteiger partial charge is 0.494 e. The number of hydrogen-bond donors (Lipinski definition) is 0. The van der Waals surface area contributed by atoms with E-state index >= 15 is 0 Å². The maximum Gasteiger partial charge on any atom is 0.200 e. The van der Waals surface area contributed by atoms with Gasteiger partial charge in [-0.1, -0.05) is 35.5 Å². The highest BCUT2D eigenvalue weighted by Gasteiger charge is 2.29. The van der Waals surface area contributed by atoms with Crippen LogP contribution in [0.1, 0.15) is 58.6 Å². The number of rotatable bonds is 7. The van der Waals surface area contributed by atoms with Gasteiger partial charge >= 0.3 is 0 Å². The second-order valence-electron chi connectivity index (χ2n) is 9.76. The van der Waals surface area contributed by atoms with Crippen LogP contribution in [0, 0.1) is 0 Å². The van der Waals surface area contributed by atoms with Crippen LogP contribution in [0.3, 0.4) is 0 Å². The second kappa shape index (κ2) is 9.63. The number of fused-ring (bicyclic) bond motifs is 2. The van der Waals surface area contributed by atoms with Crippen molar-refractivity contribution in [3.63, 3.8) is 0 Å². The molecule has 6 nitrogen and oxygen atoms in total. The molecule has 7 heteroatoms. The fourth-order valence-electron chi connectivity index (χ4n) is 5.09. The summed E-state index contributed by atoms with van der Waals surface area (Å²) in [7, 11) is 1.65. The number of methoxy groups -OCH3 is 1. The summed E-state index contributed by atoms with van der Waals surface area (Å²) in [6, 6.07) is 16.4. The molecule has 0 amide bonds. The molecule has 6 rings (SSSR count). The first-order valence-electron chi connectivity index (χ1n) is 12.6. The van der Waals surface area contributed by atoms with E-state index in [1.807, 2.05) is 42.5 Å². The molecule has 0 N–H and O–H groups in total. The molecule has 0 saturated heterocycles. The van der Waals surface area contributed by atoms with E-state index in [1.165, 1.54) is 17.4 Å². The first-order valence-corrected chi connectivity index (χ1v) is 13.5. The van der Waals surface area contributed by atoms with Crippen molar-refractivity contribution in [2.75, 3.05) is 7.11 Å².